The van der Waals surface area contributed by atoms with Crippen LogP contribution in [0.2, 0.25) is 5.02 Å². The van der Waals surface area contributed by atoms with Crippen molar-refractivity contribution in [3.8, 4) is 0 Å². The monoisotopic (exact) mass is 530 g/mol. The van der Waals surface area contributed by atoms with Gasteiger partial charge in [0.25, 0.3) is 5.91 Å². The lowest BCUT2D eigenvalue weighted by Gasteiger charge is -2.11. The predicted octanol–water partition coefficient (Wildman–Crippen LogP) is 3.00. The van der Waals surface area contributed by atoms with Crippen LogP contribution >= 0.6 is 46.4 Å². The molecule has 28 heavy (non-hydrogen) atoms. The summed E-state index contributed by atoms with van der Waals surface area (Å²) in [6, 6.07) is 13.8. The predicted molar refractivity (Wildman–Crippen MR) is 120 cm³/mol. The van der Waals surface area contributed by atoms with Gasteiger partial charge in [0.2, 0.25) is 11.8 Å². The minimum absolute atomic E-state index is 0.0416. The Bertz CT molecular complexity index is 910. The van der Waals surface area contributed by atoms with Crippen molar-refractivity contribution in [2.75, 3.05) is 5.32 Å². The first-order chi connectivity index (χ1) is 13.4. The molecule has 10 heteroatoms. The van der Waals surface area contributed by atoms with Crippen LogP contribution in [0.25, 0.3) is 0 Å². The highest BCUT2D eigenvalue weighted by molar-refractivity contribution is 14.1. The van der Waals surface area contributed by atoms with Crippen molar-refractivity contribution in [3.63, 3.8) is 0 Å². The summed E-state index contributed by atoms with van der Waals surface area (Å²) < 4.78 is 0.772. The van der Waals surface area contributed by atoms with Crippen molar-refractivity contribution in [1.82, 2.24) is 16.2 Å². The first kappa shape index (κ1) is 22.1. The number of para-hydroxylation sites is 1. The van der Waals surface area contributed by atoms with E-state index in [-0.39, 0.29) is 23.9 Å². The molecule has 0 saturated carbocycles. The topological polar surface area (TPSA) is 99.3 Å². The van der Waals surface area contributed by atoms with Gasteiger partial charge >= 0.3 is 0 Å². The molecule has 0 radical (unpaired) electrons. The summed E-state index contributed by atoms with van der Waals surface area (Å²) in [6.45, 7) is 0. The Labute approximate surface area is 185 Å². The van der Waals surface area contributed by atoms with Crippen LogP contribution in [0.15, 0.2) is 48.5 Å². The first-order valence-electron chi connectivity index (χ1n) is 8.06. The zero-order valence-electron chi connectivity index (χ0n) is 14.4. The molecule has 0 aliphatic rings. The molecule has 146 valence electrons. The van der Waals surface area contributed by atoms with E-state index in [0.29, 0.717) is 16.3 Å². The summed E-state index contributed by atoms with van der Waals surface area (Å²) in [6.07, 6.45) is -0.115. The van der Waals surface area contributed by atoms with Crippen LogP contribution in [0.1, 0.15) is 23.2 Å². The van der Waals surface area contributed by atoms with Gasteiger partial charge in [-0.2, -0.15) is 0 Å². The average molecular weight is 531 g/mol. The van der Waals surface area contributed by atoms with Crippen molar-refractivity contribution < 1.29 is 14.4 Å². The number of halogens is 2. The Morgan fingerprint density at radius 3 is 2.29 bits per heavy atom. The van der Waals surface area contributed by atoms with E-state index in [0.717, 1.165) is 3.57 Å². The van der Waals surface area contributed by atoms with Gasteiger partial charge in [-0.05, 0) is 59.1 Å². The maximum absolute atomic E-state index is 12.1. The Morgan fingerprint density at radius 2 is 1.57 bits per heavy atom. The van der Waals surface area contributed by atoms with Gasteiger partial charge in [0, 0.05) is 16.4 Å². The number of carbonyl (C=O) groups is 3. The maximum Gasteiger partial charge on any atom is 0.258 e. The van der Waals surface area contributed by atoms with Crippen LogP contribution < -0.4 is 21.5 Å². The molecule has 3 amide bonds. The number of carbonyl (C=O) groups excluding carboxylic acids is 3. The maximum atomic E-state index is 12.1. The second kappa shape index (κ2) is 10.9. The smallest absolute Gasteiger partial charge is 0.258 e. The van der Waals surface area contributed by atoms with E-state index in [9.17, 15) is 14.4 Å². The van der Waals surface area contributed by atoms with E-state index < -0.39 is 11.8 Å². The molecule has 0 aliphatic heterocycles. The fourth-order valence-electron chi connectivity index (χ4n) is 2.04. The van der Waals surface area contributed by atoms with Crippen molar-refractivity contribution in [2.45, 2.75) is 12.8 Å². The van der Waals surface area contributed by atoms with Gasteiger partial charge in [-0.3, -0.25) is 30.6 Å². The number of hydrogen-bond acceptors (Lipinski definition) is 4. The van der Waals surface area contributed by atoms with Crippen LogP contribution in [0.3, 0.4) is 0 Å². The van der Waals surface area contributed by atoms with E-state index in [1.807, 2.05) is 28.7 Å². The van der Waals surface area contributed by atoms with E-state index in [2.05, 4.69) is 21.5 Å². The Balaban J connectivity index is 1.71. The molecule has 2 aromatic rings. The third-order valence-electron chi connectivity index (χ3n) is 3.39. The number of thiocarbonyl (C=S) groups is 1. The van der Waals surface area contributed by atoms with Crippen LogP contribution in [-0.2, 0) is 9.59 Å². The second-order valence-electron chi connectivity index (χ2n) is 5.46. The van der Waals surface area contributed by atoms with Crippen LogP contribution in [0.5, 0.6) is 0 Å². The third-order valence-corrected chi connectivity index (χ3v) is 4.86. The Morgan fingerprint density at radius 1 is 0.929 bits per heavy atom. The third kappa shape index (κ3) is 7.06. The summed E-state index contributed by atoms with van der Waals surface area (Å²) in [5, 5.41) is 5.45. The van der Waals surface area contributed by atoms with E-state index in [4.69, 9.17) is 23.8 Å². The summed E-state index contributed by atoms with van der Waals surface area (Å²) >= 11 is 13.0. The number of amides is 3. The molecular weight excluding hydrogens is 515 g/mol. The van der Waals surface area contributed by atoms with Crippen molar-refractivity contribution in [3.05, 3.63) is 62.7 Å². The molecule has 0 aliphatic carbocycles. The highest BCUT2D eigenvalue weighted by Gasteiger charge is 2.12. The number of rotatable bonds is 5. The molecule has 0 spiro atoms. The number of nitrogens with one attached hydrogen (secondary N) is 4. The van der Waals surface area contributed by atoms with Gasteiger partial charge in [0.05, 0.1) is 16.3 Å². The molecule has 0 fully saturated rings. The molecule has 0 heterocycles. The first-order valence-corrected chi connectivity index (χ1v) is 9.92. The number of hydrazine groups is 1. The van der Waals surface area contributed by atoms with Gasteiger partial charge < -0.3 is 5.32 Å². The van der Waals surface area contributed by atoms with Crippen LogP contribution in [0, 0.1) is 3.57 Å². The summed E-state index contributed by atoms with van der Waals surface area (Å²) in [5.74, 6) is -1.20. The zero-order valence-corrected chi connectivity index (χ0v) is 18.2. The van der Waals surface area contributed by atoms with Gasteiger partial charge in [0.15, 0.2) is 5.11 Å². The molecule has 7 nitrogen and oxygen atoms in total. The van der Waals surface area contributed by atoms with E-state index >= 15 is 0 Å². The number of benzene rings is 2. The standard InChI is InChI=1S/C18H16ClIN4O3S/c19-12-6-2-4-8-14(12)21-15(25)9-10-16(26)23-24-18(28)22-17(27)11-5-1-3-7-13(11)20/h1-8H,9-10H2,(H,21,25)(H,23,26)(H2,22,24,27,28). The van der Waals surface area contributed by atoms with E-state index in [1.54, 1.807) is 42.5 Å². The van der Waals surface area contributed by atoms with E-state index in [1.165, 1.54) is 0 Å². The fraction of sp³-hybridized carbons (Fsp3) is 0.111. The highest BCUT2D eigenvalue weighted by atomic mass is 127. The lowest BCUT2D eigenvalue weighted by Crippen LogP contribution is -2.48. The second-order valence-corrected chi connectivity index (χ2v) is 7.44. The Kier molecular flexibility index (Phi) is 8.61. The molecule has 4 N–H and O–H groups in total. The molecule has 0 unspecified atom stereocenters. The lowest BCUT2D eigenvalue weighted by atomic mass is 10.2. The van der Waals surface area contributed by atoms with Gasteiger partial charge in [-0.15, -0.1) is 0 Å². The van der Waals surface area contributed by atoms with Gasteiger partial charge in [-0.25, -0.2) is 0 Å². The van der Waals surface area contributed by atoms with Crippen LogP contribution in [0.4, 0.5) is 5.69 Å². The molecule has 2 rings (SSSR count). The number of hydrogen-bond donors (Lipinski definition) is 4. The van der Waals surface area contributed by atoms with Gasteiger partial charge in [-0.1, -0.05) is 35.9 Å². The largest absolute Gasteiger partial charge is 0.325 e. The summed E-state index contributed by atoms with van der Waals surface area (Å²) in [4.78, 5) is 35.8. The zero-order chi connectivity index (χ0) is 20.5. The molecule has 0 bridgehead atoms. The number of anilines is 1. The molecular formula is C18H16ClIN4O3S. The van der Waals surface area contributed by atoms with Crippen molar-refractivity contribution >= 4 is 74.9 Å². The average Bonchev–Trinajstić information content (AvgIpc) is 2.67. The van der Waals surface area contributed by atoms with Crippen molar-refractivity contribution in [1.29, 1.82) is 0 Å². The minimum atomic E-state index is -0.458. The fourth-order valence-corrected chi connectivity index (χ4v) is 3.00. The highest BCUT2D eigenvalue weighted by Crippen LogP contribution is 2.20. The lowest BCUT2D eigenvalue weighted by molar-refractivity contribution is -0.124. The molecule has 2 aromatic carbocycles. The van der Waals surface area contributed by atoms with Gasteiger partial charge in [0.1, 0.15) is 0 Å². The normalized spacial score (nSPS) is 9.93. The molecule has 0 atom stereocenters. The minimum Gasteiger partial charge on any atom is -0.325 e. The summed E-state index contributed by atoms with van der Waals surface area (Å²) in [7, 11) is 0. The molecule has 0 saturated heterocycles. The summed E-state index contributed by atoms with van der Waals surface area (Å²) in [5.41, 5.74) is 5.71. The molecule has 0 aromatic heterocycles. The quantitative estimate of drug-likeness (QED) is 0.271. The van der Waals surface area contributed by atoms with Crippen LogP contribution in [-0.4, -0.2) is 22.8 Å². The van der Waals surface area contributed by atoms with Crippen molar-refractivity contribution in [2.24, 2.45) is 0 Å². The Hall–Kier alpha value is -2.24. The SMILES string of the molecule is O=C(CCC(=O)Nc1ccccc1Cl)NNC(=S)NC(=O)c1ccccc1I.